The molecule has 0 amide bonds. The maximum Gasteiger partial charge on any atom is 0.171 e. The molecular weight excluding hydrogens is 302 g/mol. The van der Waals surface area contributed by atoms with Gasteiger partial charge in [0, 0.05) is 5.38 Å². The predicted molar refractivity (Wildman–Crippen MR) is 77.4 cm³/mol. The van der Waals surface area contributed by atoms with Gasteiger partial charge in [-0.15, -0.1) is 0 Å². The number of nitrogens with zero attached hydrogens (tertiary/aromatic N) is 3. The number of anilines is 1. The van der Waals surface area contributed by atoms with Crippen LogP contribution in [0.4, 0.5) is 5.69 Å². The van der Waals surface area contributed by atoms with E-state index in [1.54, 1.807) is 12.3 Å². The van der Waals surface area contributed by atoms with E-state index >= 15 is 0 Å². The fourth-order valence-electron chi connectivity index (χ4n) is 1.62. The lowest BCUT2D eigenvalue weighted by molar-refractivity contribution is 1.10. The van der Waals surface area contributed by atoms with Crippen molar-refractivity contribution in [2.75, 3.05) is 4.72 Å². The monoisotopic (exact) mass is 307 g/mol. The molecule has 19 heavy (non-hydrogen) atoms. The molecule has 0 aliphatic carbocycles. The van der Waals surface area contributed by atoms with Crippen LogP contribution in [0.25, 0.3) is 10.9 Å². The quantitative estimate of drug-likeness (QED) is 0.722. The van der Waals surface area contributed by atoms with E-state index in [-0.39, 0.29) is 0 Å². The molecule has 0 bridgehead atoms. The minimum Gasteiger partial charge on any atom is -0.324 e. The largest absolute Gasteiger partial charge is 0.324 e. The Morgan fingerprint density at radius 3 is 3.11 bits per heavy atom. The third-order valence-electron chi connectivity index (χ3n) is 2.47. The molecule has 0 unspecified atom stereocenters. The van der Waals surface area contributed by atoms with Gasteiger partial charge in [-0.2, -0.15) is 14.7 Å². The zero-order valence-electron chi connectivity index (χ0n) is 9.35. The third kappa shape index (κ3) is 2.26. The van der Waals surface area contributed by atoms with Crippen molar-refractivity contribution in [2.45, 2.75) is 4.90 Å². The number of benzene rings is 1. The average Bonchev–Trinajstić information content (AvgIpc) is 3.07. The molecule has 3 rings (SSSR count). The summed E-state index contributed by atoms with van der Waals surface area (Å²) in [7, 11) is 0. The molecule has 0 spiro atoms. The molecule has 5 nitrogen and oxygen atoms in total. The molecule has 2 heterocycles. The first-order chi connectivity index (χ1) is 9.29. The summed E-state index contributed by atoms with van der Waals surface area (Å²) < 4.78 is 7.22. The van der Waals surface area contributed by atoms with Gasteiger partial charge in [-0.05, 0) is 35.6 Å². The molecule has 0 saturated heterocycles. The second kappa shape index (κ2) is 5.09. The van der Waals surface area contributed by atoms with Crippen molar-refractivity contribution in [1.82, 2.24) is 14.6 Å². The van der Waals surface area contributed by atoms with Crippen molar-refractivity contribution >= 4 is 51.7 Å². The van der Waals surface area contributed by atoms with Crippen molar-refractivity contribution in [3.8, 4) is 6.07 Å². The molecule has 0 aliphatic heterocycles. The normalized spacial score (nSPS) is 10.5. The Bertz CT molecular complexity index is 759. The second-order valence-electron chi connectivity index (χ2n) is 3.59. The maximum atomic E-state index is 9.00. The molecule has 0 aliphatic rings. The summed E-state index contributed by atoms with van der Waals surface area (Å²) in [6.45, 7) is 0. The molecule has 1 aromatic carbocycles. The van der Waals surface area contributed by atoms with Crippen molar-refractivity contribution < 1.29 is 0 Å². The van der Waals surface area contributed by atoms with Gasteiger partial charge in [0.2, 0.25) is 0 Å². The summed E-state index contributed by atoms with van der Waals surface area (Å²) in [6, 6.07) is 5.61. The van der Waals surface area contributed by atoms with Gasteiger partial charge in [0.25, 0.3) is 0 Å². The fraction of sp³-hybridized carbons (Fsp3) is 0. The number of fused-ring (bicyclic) bond motifs is 1. The first-order valence-corrected chi connectivity index (χ1v) is 7.21. The van der Waals surface area contributed by atoms with E-state index in [0.29, 0.717) is 16.1 Å². The number of aromatic nitrogens is 3. The van der Waals surface area contributed by atoms with Crippen LogP contribution in [-0.4, -0.2) is 14.6 Å². The zero-order valence-corrected chi connectivity index (χ0v) is 11.7. The van der Waals surface area contributed by atoms with E-state index in [1.807, 2.05) is 17.5 Å². The van der Waals surface area contributed by atoms with E-state index in [9.17, 15) is 0 Å². The number of rotatable bonds is 3. The van der Waals surface area contributed by atoms with Crippen LogP contribution in [0, 0.1) is 11.3 Å². The lowest BCUT2D eigenvalue weighted by Crippen LogP contribution is -1.88. The molecule has 94 valence electrons. The number of hydrogen-bond acceptors (Lipinski definition) is 6. The average molecular weight is 308 g/mol. The SMILES string of the molecule is N#Cc1n[nH]c2c(NSc3cnsc3)ccc(Cl)c12. The third-order valence-corrected chi connectivity index (χ3v) is 4.30. The van der Waals surface area contributed by atoms with Crippen molar-refractivity contribution in [2.24, 2.45) is 0 Å². The summed E-state index contributed by atoms with van der Waals surface area (Å²) in [5.41, 5.74) is 1.84. The molecule has 3 aromatic rings. The van der Waals surface area contributed by atoms with E-state index in [2.05, 4.69) is 19.3 Å². The molecule has 0 saturated carbocycles. The van der Waals surface area contributed by atoms with Gasteiger partial charge in [-0.1, -0.05) is 11.6 Å². The van der Waals surface area contributed by atoms with Gasteiger partial charge in [0.15, 0.2) is 5.69 Å². The lowest BCUT2D eigenvalue weighted by atomic mass is 10.2. The lowest BCUT2D eigenvalue weighted by Gasteiger charge is -2.05. The Morgan fingerprint density at radius 2 is 2.37 bits per heavy atom. The van der Waals surface area contributed by atoms with E-state index in [1.165, 1.54) is 23.5 Å². The first-order valence-electron chi connectivity index (χ1n) is 5.18. The summed E-state index contributed by atoms with van der Waals surface area (Å²) in [5.74, 6) is 0. The van der Waals surface area contributed by atoms with Gasteiger partial charge in [0.05, 0.1) is 32.7 Å². The van der Waals surface area contributed by atoms with Gasteiger partial charge < -0.3 is 4.72 Å². The molecule has 0 fully saturated rings. The van der Waals surface area contributed by atoms with Crippen LogP contribution in [0.5, 0.6) is 0 Å². The number of nitriles is 1. The van der Waals surface area contributed by atoms with Crippen LogP contribution < -0.4 is 4.72 Å². The van der Waals surface area contributed by atoms with Gasteiger partial charge in [0.1, 0.15) is 6.07 Å². The van der Waals surface area contributed by atoms with Crippen LogP contribution in [0.3, 0.4) is 0 Å². The number of H-pyrrole nitrogens is 1. The highest BCUT2D eigenvalue weighted by atomic mass is 35.5. The molecule has 8 heteroatoms. The molecule has 2 aromatic heterocycles. The Labute approximate surface area is 121 Å². The summed E-state index contributed by atoms with van der Waals surface area (Å²) in [6.07, 6.45) is 1.78. The Kier molecular flexibility index (Phi) is 3.29. The van der Waals surface area contributed by atoms with Crippen LogP contribution in [0.1, 0.15) is 5.69 Å². The second-order valence-corrected chi connectivity index (χ2v) is 5.54. The van der Waals surface area contributed by atoms with Crippen LogP contribution in [0.15, 0.2) is 28.6 Å². The highest BCUT2D eigenvalue weighted by Crippen LogP contribution is 2.33. The summed E-state index contributed by atoms with van der Waals surface area (Å²) >= 11 is 8.94. The maximum absolute atomic E-state index is 9.00. The van der Waals surface area contributed by atoms with E-state index in [4.69, 9.17) is 16.9 Å². The molecule has 0 atom stereocenters. The minimum absolute atomic E-state index is 0.297. The minimum atomic E-state index is 0.297. The van der Waals surface area contributed by atoms with Gasteiger partial charge in [-0.3, -0.25) is 5.10 Å². The molecule has 2 N–H and O–H groups in total. The van der Waals surface area contributed by atoms with Crippen LogP contribution in [0.2, 0.25) is 5.02 Å². The van der Waals surface area contributed by atoms with Crippen molar-refractivity contribution in [3.63, 3.8) is 0 Å². The van der Waals surface area contributed by atoms with Crippen molar-refractivity contribution in [1.29, 1.82) is 5.26 Å². The number of nitrogens with one attached hydrogen (secondary N) is 2. The number of halogens is 1. The molecule has 0 radical (unpaired) electrons. The topological polar surface area (TPSA) is 77.4 Å². The zero-order chi connectivity index (χ0) is 13.2. The Balaban J connectivity index is 1.98. The number of aromatic amines is 1. The Hall–Kier alpha value is -1.75. The van der Waals surface area contributed by atoms with Crippen LogP contribution >= 0.6 is 35.1 Å². The van der Waals surface area contributed by atoms with E-state index in [0.717, 1.165) is 16.1 Å². The first kappa shape index (κ1) is 12.3. The summed E-state index contributed by atoms with van der Waals surface area (Å²) in [4.78, 5) is 1.02. The Morgan fingerprint density at radius 1 is 1.47 bits per heavy atom. The number of hydrogen-bond donors (Lipinski definition) is 2. The predicted octanol–water partition coefficient (Wildman–Crippen LogP) is 3.66. The summed E-state index contributed by atoms with van der Waals surface area (Å²) in [5, 5.41) is 18.9. The van der Waals surface area contributed by atoms with Crippen LogP contribution in [-0.2, 0) is 0 Å². The van der Waals surface area contributed by atoms with Gasteiger partial charge in [-0.25, -0.2) is 0 Å². The fourth-order valence-corrected chi connectivity index (χ4v) is 3.16. The van der Waals surface area contributed by atoms with E-state index < -0.39 is 0 Å². The highest BCUT2D eigenvalue weighted by Gasteiger charge is 2.12. The van der Waals surface area contributed by atoms with Gasteiger partial charge >= 0.3 is 0 Å². The highest BCUT2D eigenvalue weighted by molar-refractivity contribution is 8.00. The van der Waals surface area contributed by atoms with Crippen molar-refractivity contribution in [3.05, 3.63) is 34.4 Å². The molecular formula is C11H6ClN5S2. The standard InChI is InChI=1S/C11H6ClN5S2/c12-7-1-2-8(17-19-6-4-14-18-5-6)11-10(7)9(3-13)15-16-11/h1-2,4-5,17H,(H,15,16). The smallest absolute Gasteiger partial charge is 0.171 e.